The van der Waals surface area contributed by atoms with Crippen molar-refractivity contribution in [1.29, 1.82) is 0 Å². The first-order chi connectivity index (χ1) is 8.15. The summed E-state index contributed by atoms with van der Waals surface area (Å²) in [5, 5.41) is 11.3. The van der Waals surface area contributed by atoms with Crippen molar-refractivity contribution in [3.05, 3.63) is 0 Å². The Kier molecular flexibility index (Phi) is 6.90. The highest BCUT2D eigenvalue weighted by Gasteiger charge is 2.22. The number of hydrogen-bond acceptors (Lipinski definition) is 4. The van der Waals surface area contributed by atoms with Crippen LogP contribution in [-0.4, -0.2) is 43.5 Å². The molecule has 6 nitrogen and oxygen atoms in total. The van der Waals surface area contributed by atoms with E-state index in [9.17, 15) is 18.0 Å². The summed E-state index contributed by atoms with van der Waals surface area (Å²) in [6.07, 6.45) is 2.00. The van der Waals surface area contributed by atoms with Gasteiger partial charge in [-0.1, -0.05) is 20.3 Å². The van der Waals surface area contributed by atoms with Crippen molar-refractivity contribution in [1.82, 2.24) is 5.32 Å². The summed E-state index contributed by atoms with van der Waals surface area (Å²) in [5.74, 6) is -1.65. The Morgan fingerprint density at radius 3 is 2.28 bits per heavy atom. The SMILES string of the molecule is CCC(C)CC(=O)NC(CCS(C)(=O)=O)C(=O)O. The van der Waals surface area contributed by atoms with E-state index in [1.165, 1.54) is 0 Å². The molecule has 0 fully saturated rings. The second-order valence-corrected chi connectivity index (χ2v) is 6.85. The molecule has 106 valence electrons. The third kappa shape index (κ3) is 8.05. The molecule has 0 aromatic carbocycles. The maximum Gasteiger partial charge on any atom is 0.326 e. The second kappa shape index (κ2) is 7.35. The van der Waals surface area contributed by atoms with Crippen LogP contribution in [0, 0.1) is 5.92 Å². The van der Waals surface area contributed by atoms with Crippen LogP contribution in [0.25, 0.3) is 0 Å². The maximum absolute atomic E-state index is 11.5. The van der Waals surface area contributed by atoms with E-state index in [-0.39, 0.29) is 30.4 Å². The molecule has 2 N–H and O–H groups in total. The summed E-state index contributed by atoms with van der Waals surface area (Å²) in [6.45, 7) is 3.84. The van der Waals surface area contributed by atoms with Gasteiger partial charge >= 0.3 is 5.97 Å². The van der Waals surface area contributed by atoms with Crippen LogP contribution < -0.4 is 5.32 Å². The summed E-state index contributed by atoms with van der Waals surface area (Å²) < 4.78 is 21.9. The molecule has 1 amide bonds. The minimum Gasteiger partial charge on any atom is -0.480 e. The molecule has 0 aliphatic rings. The monoisotopic (exact) mass is 279 g/mol. The lowest BCUT2D eigenvalue weighted by Gasteiger charge is -2.15. The number of nitrogens with one attached hydrogen (secondary N) is 1. The Labute approximate surface area is 108 Å². The second-order valence-electron chi connectivity index (χ2n) is 4.59. The van der Waals surface area contributed by atoms with E-state index in [0.717, 1.165) is 12.7 Å². The quantitative estimate of drug-likeness (QED) is 0.671. The van der Waals surface area contributed by atoms with Crippen LogP contribution in [0.1, 0.15) is 33.1 Å². The van der Waals surface area contributed by atoms with Gasteiger partial charge in [0, 0.05) is 12.7 Å². The van der Waals surface area contributed by atoms with E-state index in [4.69, 9.17) is 5.11 Å². The number of carbonyl (C=O) groups is 2. The van der Waals surface area contributed by atoms with Crippen LogP contribution in [0.5, 0.6) is 0 Å². The van der Waals surface area contributed by atoms with Gasteiger partial charge < -0.3 is 10.4 Å². The first-order valence-corrected chi connectivity index (χ1v) is 7.91. The zero-order valence-corrected chi connectivity index (χ0v) is 11.8. The molecule has 0 heterocycles. The van der Waals surface area contributed by atoms with Crippen LogP contribution in [0.4, 0.5) is 0 Å². The highest BCUT2D eigenvalue weighted by atomic mass is 32.2. The fourth-order valence-electron chi connectivity index (χ4n) is 1.30. The molecule has 0 rings (SSSR count). The van der Waals surface area contributed by atoms with Gasteiger partial charge in [-0.3, -0.25) is 4.79 Å². The minimum atomic E-state index is -3.23. The van der Waals surface area contributed by atoms with E-state index in [1.54, 1.807) is 0 Å². The predicted octanol–water partition coefficient (Wildman–Crippen LogP) is 0.427. The molecular formula is C11H21NO5S. The van der Waals surface area contributed by atoms with Crippen molar-refractivity contribution in [3.63, 3.8) is 0 Å². The van der Waals surface area contributed by atoms with E-state index >= 15 is 0 Å². The molecule has 2 atom stereocenters. The van der Waals surface area contributed by atoms with Gasteiger partial charge in [-0.15, -0.1) is 0 Å². The zero-order valence-electron chi connectivity index (χ0n) is 11.0. The smallest absolute Gasteiger partial charge is 0.326 e. The van der Waals surface area contributed by atoms with E-state index < -0.39 is 21.8 Å². The molecule has 0 aliphatic heterocycles. The Bertz CT molecular complexity index is 390. The first kappa shape index (κ1) is 16.9. The van der Waals surface area contributed by atoms with E-state index in [1.807, 2.05) is 13.8 Å². The Morgan fingerprint density at radius 2 is 1.89 bits per heavy atom. The van der Waals surface area contributed by atoms with Gasteiger partial charge in [-0.2, -0.15) is 0 Å². The molecular weight excluding hydrogens is 258 g/mol. The van der Waals surface area contributed by atoms with Crippen LogP contribution in [0.2, 0.25) is 0 Å². The van der Waals surface area contributed by atoms with Crippen molar-refractivity contribution in [2.75, 3.05) is 12.0 Å². The highest BCUT2D eigenvalue weighted by Crippen LogP contribution is 2.06. The summed E-state index contributed by atoms with van der Waals surface area (Å²) >= 11 is 0. The van der Waals surface area contributed by atoms with Gasteiger partial charge in [0.1, 0.15) is 15.9 Å². The number of rotatable bonds is 8. The zero-order chi connectivity index (χ0) is 14.3. The van der Waals surface area contributed by atoms with Crippen molar-refractivity contribution < 1.29 is 23.1 Å². The van der Waals surface area contributed by atoms with Crippen LogP contribution in [0.15, 0.2) is 0 Å². The van der Waals surface area contributed by atoms with Crippen molar-refractivity contribution in [2.45, 2.75) is 39.2 Å². The topological polar surface area (TPSA) is 101 Å². The summed E-state index contributed by atoms with van der Waals surface area (Å²) in [7, 11) is -3.23. The molecule has 0 saturated carbocycles. The number of amides is 1. The molecule has 0 bridgehead atoms. The van der Waals surface area contributed by atoms with Crippen molar-refractivity contribution in [3.8, 4) is 0 Å². The molecule has 18 heavy (non-hydrogen) atoms. The van der Waals surface area contributed by atoms with Crippen LogP contribution in [0.3, 0.4) is 0 Å². The van der Waals surface area contributed by atoms with Gasteiger partial charge in [0.25, 0.3) is 0 Å². The Balaban J connectivity index is 4.36. The lowest BCUT2D eigenvalue weighted by Crippen LogP contribution is -2.42. The first-order valence-electron chi connectivity index (χ1n) is 5.85. The van der Waals surface area contributed by atoms with E-state index in [2.05, 4.69) is 5.32 Å². The van der Waals surface area contributed by atoms with E-state index in [0.29, 0.717) is 0 Å². The predicted molar refractivity (Wildman–Crippen MR) is 68.0 cm³/mol. The van der Waals surface area contributed by atoms with Crippen molar-refractivity contribution in [2.24, 2.45) is 5.92 Å². The highest BCUT2D eigenvalue weighted by molar-refractivity contribution is 7.90. The normalized spacial score (nSPS) is 14.8. The maximum atomic E-state index is 11.5. The minimum absolute atomic E-state index is 0.111. The molecule has 0 aromatic heterocycles. The fraction of sp³-hybridized carbons (Fsp3) is 0.818. The third-order valence-corrected chi connectivity index (χ3v) is 3.62. The molecule has 0 spiro atoms. The number of carboxylic acids is 1. The van der Waals surface area contributed by atoms with Crippen molar-refractivity contribution >= 4 is 21.7 Å². The number of carboxylic acid groups (broad SMARTS) is 1. The molecule has 0 aliphatic carbocycles. The number of carbonyl (C=O) groups excluding carboxylic acids is 1. The summed E-state index contributed by atoms with van der Waals surface area (Å²) in [4.78, 5) is 22.4. The fourth-order valence-corrected chi connectivity index (χ4v) is 1.97. The van der Waals surface area contributed by atoms with Gasteiger partial charge in [0.2, 0.25) is 5.91 Å². The molecule has 7 heteroatoms. The largest absolute Gasteiger partial charge is 0.480 e. The van der Waals surface area contributed by atoms with Crippen LogP contribution in [-0.2, 0) is 19.4 Å². The average Bonchev–Trinajstić information content (AvgIpc) is 2.22. The summed E-state index contributed by atoms with van der Waals surface area (Å²) in [5.41, 5.74) is 0. The molecule has 0 saturated heterocycles. The lowest BCUT2D eigenvalue weighted by molar-refractivity contribution is -0.142. The average molecular weight is 279 g/mol. The van der Waals surface area contributed by atoms with Gasteiger partial charge in [-0.25, -0.2) is 13.2 Å². The lowest BCUT2D eigenvalue weighted by atomic mass is 10.0. The number of hydrogen-bond donors (Lipinski definition) is 2. The molecule has 0 aromatic rings. The van der Waals surface area contributed by atoms with Gasteiger partial charge in [0.05, 0.1) is 5.75 Å². The Hall–Kier alpha value is -1.11. The van der Waals surface area contributed by atoms with Crippen LogP contribution >= 0.6 is 0 Å². The molecule has 0 radical (unpaired) electrons. The number of sulfone groups is 1. The van der Waals surface area contributed by atoms with Gasteiger partial charge in [-0.05, 0) is 12.3 Å². The molecule has 2 unspecified atom stereocenters. The Morgan fingerprint density at radius 1 is 1.33 bits per heavy atom. The number of aliphatic carboxylic acids is 1. The van der Waals surface area contributed by atoms with Gasteiger partial charge in [0.15, 0.2) is 0 Å². The standard InChI is InChI=1S/C11H21NO5S/c1-4-8(2)7-10(13)12-9(11(14)15)5-6-18(3,16)17/h8-9H,4-7H2,1-3H3,(H,12,13)(H,14,15). The third-order valence-electron chi connectivity index (χ3n) is 2.64. The summed E-state index contributed by atoms with van der Waals surface area (Å²) in [6, 6.07) is -1.14.